The lowest BCUT2D eigenvalue weighted by atomic mass is 10.1. The van der Waals surface area contributed by atoms with E-state index in [1.807, 2.05) is 36.4 Å². The van der Waals surface area contributed by atoms with Gasteiger partial charge in [-0.15, -0.1) is 6.42 Å². The molecule has 1 N–H and O–H groups in total. The zero-order valence-electron chi connectivity index (χ0n) is 12.0. The number of hydrogen-bond acceptors (Lipinski definition) is 3. The quantitative estimate of drug-likeness (QED) is 0.885. The van der Waals surface area contributed by atoms with Crippen LogP contribution in [0, 0.1) is 12.3 Å². The van der Waals surface area contributed by atoms with Gasteiger partial charge in [-0.3, -0.25) is 4.79 Å². The van der Waals surface area contributed by atoms with Gasteiger partial charge in [-0.25, -0.2) is 0 Å². The molecule has 2 aromatic carbocycles. The van der Waals surface area contributed by atoms with Crippen molar-refractivity contribution in [1.29, 1.82) is 0 Å². The highest BCUT2D eigenvalue weighted by Crippen LogP contribution is 2.30. The second-order valence-electron chi connectivity index (χ2n) is 4.93. The van der Waals surface area contributed by atoms with Gasteiger partial charge in [0.05, 0.1) is 6.42 Å². The molecular weight excluding hydrogens is 278 g/mol. The third-order valence-corrected chi connectivity index (χ3v) is 3.28. The lowest BCUT2D eigenvalue weighted by Gasteiger charge is -2.18. The largest absolute Gasteiger partial charge is 0.486 e. The molecule has 0 saturated heterocycles. The Balaban J connectivity index is 1.68. The first-order valence-corrected chi connectivity index (χ1v) is 6.99. The van der Waals surface area contributed by atoms with E-state index in [9.17, 15) is 4.79 Å². The summed E-state index contributed by atoms with van der Waals surface area (Å²) in [7, 11) is 0. The molecule has 110 valence electrons. The Hall–Kier alpha value is -2.93. The third-order valence-electron chi connectivity index (χ3n) is 3.28. The van der Waals surface area contributed by atoms with E-state index in [-0.39, 0.29) is 12.3 Å². The van der Waals surface area contributed by atoms with Crippen molar-refractivity contribution in [3.05, 3.63) is 53.6 Å². The van der Waals surface area contributed by atoms with Gasteiger partial charge in [0.15, 0.2) is 11.5 Å². The molecule has 22 heavy (non-hydrogen) atoms. The Bertz CT molecular complexity index is 746. The van der Waals surface area contributed by atoms with Gasteiger partial charge in [-0.2, -0.15) is 0 Å². The maximum absolute atomic E-state index is 12.1. The van der Waals surface area contributed by atoms with Crippen molar-refractivity contribution >= 4 is 11.6 Å². The van der Waals surface area contributed by atoms with E-state index in [1.54, 1.807) is 6.07 Å². The van der Waals surface area contributed by atoms with E-state index in [0.29, 0.717) is 24.7 Å². The van der Waals surface area contributed by atoms with Crippen LogP contribution in [0.2, 0.25) is 0 Å². The molecule has 0 atom stereocenters. The maximum atomic E-state index is 12.1. The van der Waals surface area contributed by atoms with Crippen LogP contribution in [0.4, 0.5) is 5.69 Å². The van der Waals surface area contributed by atoms with Crippen molar-refractivity contribution in [1.82, 2.24) is 0 Å². The van der Waals surface area contributed by atoms with Crippen LogP contribution < -0.4 is 14.8 Å². The van der Waals surface area contributed by atoms with Crippen molar-refractivity contribution in [2.45, 2.75) is 6.42 Å². The summed E-state index contributed by atoms with van der Waals surface area (Å²) < 4.78 is 11.0. The summed E-state index contributed by atoms with van der Waals surface area (Å²) in [5, 5.41) is 2.84. The summed E-state index contributed by atoms with van der Waals surface area (Å²) in [6.45, 7) is 1.08. The minimum atomic E-state index is -0.106. The predicted octanol–water partition coefficient (Wildman–Crippen LogP) is 2.62. The van der Waals surface area contributed by atoms with Crippen molar-refractivity contribution in [3.8, 4) is 23.8 Å². The van der Waals surface area contributed by atoms with Gasteiger partial charge in [0, 0.05) is 11.3 Å². The minimum Gasteiger partial charge on any atom is -0.486 e. The third kappa shape index (κ3) is 3.21. The van der Waals surface area contributed by atoms with Gasteiger partial charge in [0.1, 0.15) is 13.2 Å². The summed E-state index contributed by atoms with van der Waals surface area (Å²) in [5.41, 5.74) is 2.30. The molecule has 4 nitrogen and oxygen atoms in total. The van der Waals surface area contributed by atoms with E-state index in [0.717, 1.165) is 16.9 Å². The molecule has 1 amide bonds. The van der Waals surface area contributed by atoms with Gasteiger partial charge in [0.2, 0.25) is 5.91 Å². The lowest BCUT2D eigenvalue weighted by molar-refractivity contribution is -0.115. The number of ether oxygens (including phenoxy) is 2. The minimum absolute atomic E-state index is 0.106. The number of carbonyl (C=O) groups excluding carboxylic acids is 1. The van der Waals surface area contributed by atoms with Gasteiger partial charge in [-0.1, -0.05) is 18.1 Å². The molecule has 3 rings (SSSR count). The number of nitrogens with one attached hydrogen (secondary N) is 1. The Morgan fingerprint density at radius 3 is 2.77 bits per heavy atom. The fourth-order valence-corrected chi connectivity index (χ4v) is 2.28. The van der Waals surface area contributed by atoms with E-state index < -0.39 is 0 Å². The van der Waals surface area contributed by atoms with Crippen LogP contribution in [-0.2, 0) is 11.2 Å². The number of fused-ring (bicyclic) bond motifs is 1. The molecule has 1 aliphatic heterocycles. The fraction of sp³-hybridized carbons (Fsp3) is 0.167. The van der Waals surface area contributed by atoms with E-state index in [1.165, 1.54) is 0 Å². The van der Waals surface area contributed by atoms with Crippen LogP contribution in [0.3, 0.4) is 0 Å². The maximum Gasteiger partial charge on any atom is 0.228 e. The van der Waals surface area contributed by atoms with Crippen LogP contribution in [-0.4, -0.2) is 19.1 Å². The van der Waals surface area contributed by atoms with Crippen LogP contribution in [0.5, 0.6) is 11.5 Å². The topological polar surface area (TPSA) is 47.6 Å². The van der Waals surface area contributed by atoms with Gasteiger partial charge in [-0.05, 0) is 35.9 Å². The molecule has 0 radical (unpaired) electrons. The van der Waals surface area contributed by atoms with Crippen LogP contribution >= 0.6 is 0 Å². The highest BCUT2D eigenvalue weighted by molar-refractivity contribution is 5.92. The van der Waals surface area contributed by atoms with Gasteiger partial charge >= 0.3 is 0 Å². The normalized spacial score (nSPS) is 12.3. The van der Waals surface area contributed by atoms with Crippen LogP contribution in [0.25, 0.3) is 0 Å². The molecule has 4 heteroatoms. The summed E-state index contributed by atoms with van der Waals surface area (Å²) in [4.78, 5) is 12.1. The number of anilines is 1. The first-order valence-electron chi connectivity index (χ1n) is 6.99. The second kappa shape index (κ2) is 6.23. The highest BCUT2D eigenvalue weighted by atomic mass is 16.6. The molecule has 2 aromatic rings. The second-order valence-corrected chi connectivity index (χ2v) is 4.93. The summed E-state index contributed by atoms with van der Waals surface area (Å²) in [6, 6.07) is 12.7. The molecule has 1 aliphatic rings. The Morgan fingerprint density at radius 2 is 1.95 bits per heavy atom. The highest BCUT2D eigenvalue weighted by Gasteiger charge is 2.13. The Kier molecular flexibility index (Phi) is 3.97. The smallest absolute Gasteiger partial charge is 0.228 e. The number of carbonyl (C=O) groups is 1. The Labute approximate surface area is 129 Å². The molecule has 0 bridgehead atoms. The molecule has 0 unspecified atom stereocenters. The average molecular weight is 293 g/mol. The number of hydrogen-bond donors (Lipinski definition) is 1. The molecule has 0 aromatic heterocycles. The number of benzene rings is 2. The monoisotopic (exact) mass is 293 g/mol. The summed E-state index contributed by atoms with van der Waals surface area (Å²) in [6.07, 6.45) is 5.61. The standard InChI is InChI=1S/C18H15NO3/c1-2-13-4-3-5-15(10-13)19-18(20)12-14-6-7-16-17(11-14)22-9-8-21-16/h1,3-7,10-11H,8-9,12H2,(H,19,20). The SMILES string of the molecule is C#Cc1cccc(NC(=O)Cc2ccc3c(c2)OCCO3)c1. The van der Waals surface area contributed by atoms with Crippen molar-refractivity contribution in [2.75, 3.05) is 18.5 Å². The first kappa shape index (κ1) is 14.0. The molecule has 1 heterocycles. The fourth-order valence-electron chi connectivity index (χ4n) is 2.28. The van der Waals surface area contributed by atoms with Gasteiger partial charge in [0.25, 0.3) is 0 Å². The lowest BCUT2D eigenvalue weighted by Crippen LogP contribution is -2.17. The van der Waals surface area contributed by atoms with Gasteiger partial charge < -0.3 is 14.8 Å². The van der Waals surface area contributed by atoms with Crippen LogP contribution in [0.15, 0.2) is 42.5 Å². The summed E-state index contributed by atoms with van der Waals surface area (Å²) in [5.74, 6) is 3.84. The molecule has 0 aliphatic carbocycles. The summed E-state index contributed by atoms with van der Waals surface area (Å²) >= 11 is 0. The van der Waals surface area contributed by atoms with E-state index >= 15 is 0 Å². The number of rotatable bonds is 3. The van der Waals surface area contributed by atoms with E-state index in [4.69, 9.17) is 15.9 Å². The zero-order chi connectivity index (χ0) is 15.4. The number of terminal acetylenes is 1. The molecular formula is C18H15NO3. The first-order chi connectivity index (χ1) is 10.7. The van der Waals surface area contributed by atoms with Crippen molar-refractivity contribution in [3.63, 3.8) is 0 Å². The average Bonchev–Trinajstić information content (AvgIpc) is 2.55. The van der Waals surface area contributed by atoms with Crippen molar-refractivity contribution in [2.24, 2.45) is 0 Å². The molecule has 0 saturated carbocycles. The predicted molar refractivity (Wildman–Crippen MR) is 84.1 cm³/mol. The van der Waals surface area contributed by atoms with Crippen LogP contribution in [0.1, 0.15) is 11.1 Å². The number of amides is 1. The van der Waals surface area contributed by atoms with Crippen molar-refractivity contribution < 1.29 is 14.3 Å². The Morgan fingerprint density at radius 1 is 1.14 bits per heavy atom. The zero-order valence-corrected chi connectivity index (χ0v) is 12.0. The molecule has 0 fully saturated rings. The van der Waals surface area contributed by atoms with E-state index in [2.05, 4.69) is 11.2 Å². The molecule has 0 spiro atoms.